The molecule has 24 heavy (non-hydrogen) atoms. The summed E-state index contributed by atoms with van der Waals surface area (Å²) in [5.74, 6) is -0.334. The molecule has 1 aliphatic rings. The molecule has 0 saturated heterocycles. The minimum atomic E-state index is -4.44. The molecule has 4 nitrogen and oxygen atoms in total. The highest BCUT2D eigenvalue weighted by atomic mass is 32.2. The van der Waals surface area contributed by atoms with Crippen LogP contribution in [-0.4, -0.2) is 27.5 Å². The lowest BCUT2D eigenvalue weighted by Gasteiger charge is -2.22. The number of hydrogen-bond acceptors (Lipinski definition) is 4. The molecule has 0 radical (unpaired) electrons. The van der Waals surface area contributed by atoms with Crippen molar-refractivity contribution in [1.29, 1.82) is 0 Å². The predicted molar refractivity (Wildman–Crippen MR) is 87.8 cm³/mol. The van der Waals surface area contributed by atoms with Gasteiger partial charge in [-0.2, -0.15) is 18.2 Å². The third-order valence-electron chi connectivity index (χ3n) is 3.86. The predicted octanol–water partition coefficient (Wildman–Crippen LogP) is 3.52. The standard InChI is InChI=1S/C16H19F3N2O2S/c1-10(11-6-3-4-7-12(11)16(17,18)19)20-14-21-13(23)15(2,24-14)8-5-9-22/h3-4,6-7,10,22H,5,8-9H2,1-2H3,(H,20,21,23)/t10-,15?/m0/s1. The highest BCUT2D eigenvalue weighted by Gasteiger charge is 2.41. The number of aliphatic hydroxyl groups excluding tert-OH is 1. The summed E-state index contributed by atoms with van der Waals surface area (Å²) >= 11 is 1.19. The van der Waals surface area contributed by atoms with E-state index in [4.69, 9.17) is 5.11 Å². The van der Waals surface area contributed by atoms with Gasteiger partial charge in [0.05, 0.1) is 11.6 Å². The Morgan fingerprint density at radius 3 is 2.67 bits per heavy atom. The van der Waals surface area contributed by atoms with Crippen molar-refractivity contribution in [1.82, 2.24) is 5.32 Å². The van der Waals surface area contributed by atoms with Crippen LogP contribution in [0.5, 0.6) is 0 Å². The van der Waals surface area contributed by atoms with E-state index >= 15 is 0 Å². The number of benzene rings is 1. The van der Waals surface area contributed by atoms with Crippen LogP contribution in [0.3, 0.4) is 0 Å². The minimum Gasteiger partial charge on any atom is -0.396 e. The van der Waals surface area contributed by atoms with Crippen LogP contribution in [0.4, 0.5) is 13.2 Å². The van der Waals surface area contributed by atoms with Gasteiger partial charge < -0.3 is 10.4 Å². The summed E-state index contributed by atoms with van der Waals surface area (Å²) in [6.45, 7) is 3.30. The lowest BCUT2D eigenvalue weighted by Crippen LogP contribution is -2.29. The lowest BCUT2D eigenvalue weighted by molar-refractivity contribution is -0.138. The maximum Gasteiger partial charge on any atom is 0.416 e. The van der Waals surface area contributed by atoms with E-state index < -0.39 is 22.5 Å². The van der Waals surface area contributed by atoms with E-state index in [1.54, 1.807) is 19.9 Å². The molecule has 2 N–H and O–H groups in total. The quantitative estimate of drug-likeness (QED) is 0.843. The Labute approximate surface area is 142 Å². The molecule has 1 aromatic carbocycles. The minimum absolute atomic E-state index is 0.0262. The monoisotopic (exact) mass is 360 g/mol. The van der Waals surface area contributed by atoms with Gasteiger partial charge in [-0.15, -0.1) is 0 Å². The van der Waals surface area contributed by atoms with Gasteiger partial charge in [0.1, 0.15) is 4.75 Å². The van der Waals surface area contributed by atoms with Crippen molar-refractivity contribution in [2.24, 2.45) is 4.99 Å². The molecule has 0 aliphatic carbocycles. The van der Waals surface area contributed by atoms with E-state index in [0.29, 0.717) is 18.0 Å². The van der Waals surface area contributed by atoms with Gasteiger partial charge in [-0.05, 0) is 38.3 Å². The van der Waals surface area contributed by atoms with Gasteiger partial charge in [0, 0.05) is 6.61 Å². The summed E-state index contributed by atoms with van der Waals surface area (Å²) in [4.78, 5) is 16.0. The Kier molecular flexibility index (Phi) is 5.59. The van der Waals surface area contributed by atoms with Crippen molar-refractivity contribution in [3.8, 4) is 0 Å². The number of aliphatic hydroxyl groups is 1. The maximum atomic E-state index is 13.1. The zero-order valence-electron chi connectivity index (χ0n) is 13.4. The van der Waals surface area contributed by atoms with E-state index in [1.165, 1.54) is 23.9 Å². The summed E-state index contributed by atoms with van der Waals surface area (Å²) < 4.78 is 38.5. The van der Waals surface area contributed by atoms with Gasteiger partial charge in [-0.25, -0.2) is 0 Å². The molecule has 2 atom stereocenters. The van der Waals surface area contributed by atoms with Gasteiger partial charge in [-0.3, -0.25) is 4.79 Å². The molecule has 1 aliphatic heterocycles. The van der Waals surface area contributed by atoms with E-state index in [9.17, 15) is 18.0 Å². The molecular weight excluding hydrogens is 341 g/mol. The Bertz CT molecular complexity index is 648. The molecule has 0 fully saturated rings. The number of carbonyl (C=O) groups excluding carboxylic acids is 1. The van der Waals surface area contributed by atoms with Gasteiger partial charge in [0.15, 0.2) is 5.17 Å². The second-order valence-electron chi connectivity index (χ2n) is 5.83. The van der Waals surface area contributed by atoms with Crippen LogP contribution in [0.15, 0.2) is 29.3 Å². The third-order valence-corrected chi connectivity index (χ3v) is 5.09. The topological polar surface area (TPSA) is 61.7 Å². The summed E-state index contributed by atoms with van der Waals surface area (Å²) in [5, 5.41) is 12.1. The number of alkyl halides is 3. The van der Waals surface area contributed by atoms with Crippen LogP contribution in [-0.2, 0) is 11.0 Å². The normalized spacial score (nSPS) is 22.4. The van der Waals surface area contributed by atoms with Crippen molar-refractivity contribution >= 4 is 22.8 Å². The first-order valence-electron chi connectivity index (χ1n) is 7.53. The van der Waals surface area contributed by atoms with Crippen molar-refractivity contribution in [2.75, 3.05) is 6.61 Å². The van der Waals surface area contributed by atoms with Crippen LogP contribution in [0.1, 0.15) is 43.9 Å². The number of hydrogen-bond donors (Lipinski definition) is 2. The third kappa shape index (κ3) is 4.10. The number of nitrogens with zero attached hydrogens (tertiary/aromatic N) is 1. The summed E-state index contributed by atoms with van der Waals surface area (Å²) in [6, 6.07) is 4.68. The molecule has 0 saturated carbocycles. The Morgan fingerprint density at radius 1 is 1.38 bits per heavy atom. The number of nitrogens with one attached hydrogen (secondary N) is 1. The molecule has 0 spiro atoms. The molecule has 1 unspecified atom stereocenters. The second kappa shape index (κ2) is 7.14. The fourth-order valence-electron chi connectivity index (χ4n) is 2.52. The maximum absolute atomic E-state index is 13.1. The average molecular weight is 360 g/mol. The van der Waals surface area contributed by atoms with Crippen LogP contribution in [0.25, 0.3) is 0 Å². The fraction of sp³-hybridized carbons (Fsp3) is 0.500. The van der Waals surface area contributed by atoms with Crippen LogP contribution in [0.2, 0.25) is 0 Å². The van der Waals surface area contributed by atoms with Gasteiger partial charge >= 0.3 is 6.18 Å². The number of halogens is 3. The van der Waals surface area contributed by atoms with E-state index in [2.05, 4.69) is 10.3 Å². The van der Waals surface area contributed by atoms with Gasteiger partial charge in [0.2, 0.25) is 0 Å². The van der Waals surface area contributed by atoms with Crippen LogP contribution in [0, 0.1) is 0 Å². The summed E-state index contributed by atoms with van der Waals surface area (Å²) in [6.07, 6.45) is -3.53. The van der Waals surface area contributed by atoms with E-state index in [0.717, 1.165) is 6.07 Å². The molecule has 8 heteroatoms. The smallest absolute Gasteiger partial charge is 0.396 e. The van der Waals surface area contributed by atoms with Crippen molar-refractivity contribution in [2.45, 2.75) is 43.7 Å². The van der Waals surface area contributed by atoms with E-state index in [-0.39, 0.29) is 18.1 Å². The Balaban J connectivity index is 2.13. The number of amides is 1. The fourth-order valence-corrected chi connectivity index (χ4v) is 3.69. The molecule has 0 bridgehead atoms. The molecule has 2 rings (SSSR count). The van der Waals surface area contributed by atoms with Crippen molar-refractivity contribution < 1.29 is 23.1 Å². The van der Waals surface area contributed by atoms with Gasteiger partial charge in [0.25, 0.3) is 5.91 Å². The van der Waals surface area contributed by atoms with Gasteiger partial charge in [-0.1, -0.05) is 30.0 Å². The zero-order valence-corrected chi connectivity index (χ0v) is 14.2. The second-order valence-corrected chi connectivity index (χ2v) is 7.33. The molecule has 132 valence electrons. The SMILES string of the molecule is C[C@H](NC1=NC(=O)C(C)(CCCO)S1)c1ccccc1C(F)(F)F. The van der Waals surface area contributed by atoms with Crippen LogP contribution < -0.4 is 5.32 Å². The lowest BCUT2D eigenvalue weighted by atomic mass is 10.0. The molecule has 1 amide bonds. The molecular formula is C16H19F3N2O2S. The number of rotatable bonds is 5. The molecule has 1 aromatic rings. The first-order valence-corrected chi connectivity index (χ1v) is 8.34. The van der Waals surface area contributed by atoms with E-state index in [1.807, 2.05) is 0 Å². The highest BCUT2D eigenvalue weighted by Crippen LogP contribution is 2.39. The molecule has 1 heterocycles. The molecule has 0 aromatic heterocycles. The Hall–Kier alpha value is -1.54. The summed E-state index contributed by atoms with van der Waals surface area (Å²) in [7, 11) is 0. The number of carbonyl (C=O) groups is 1. The highest BCUT2D eigenvalue weighted by molar-refractivity contribution is 8.16. The zero-order chi connectivity index (χ0) is 18.0. The number of amidine groups is 1. The summed E-state index contributed by atoms with van der Waals surface area (Å²) in [5.41, 5.74) is -0.604. The largest absolute Gasteiger partial charge is 0.416 e. The first kappa shape index (κ1) is 18.8. The van der Waals surface area contributed by atoms with Crippen molar-refractivity contribution in [3.63, 3.8) is 0 Å². The van der Waals surface area contributed by atoms with Crippen molar-refractivity contribution in [3.05, 3.63) is 35.4 Å². The Morgan fingerprint density at radius 2 is 2.04 bits per heavy atom. The average Bonchev–Trinajstić information content (AvgIpc) is 2.79. The number of thioether (sulfide) groups is 1. The first-order chi connectivity index (χ1) is 11.2. The van der Waals surface area contributed by atoms with Crippen LogP contribution >= 0.6 is 11.8 Å². The number of aliphatic imine (C=N–C) groups is 1.